The van der Waals surface area contributed by atoms with E-state index in [1.807, 2.05) is 107 Å². The molecule has 57 heavy (non-hydrogen) atoms. The third-order valence-electron chi connectivity index (χ3n) is 9.23. The van der Waals surface area contributed by atoms with Gasteiger partial charge in [-0.15, -0.1) is 0 Å². The zero-order valence-corrected chi connectivity index (χ0v) is 37.5. The first-order valence-electron chi connectivity index (χ1n) is 20.0. The molecule has 1 aromatic rings. The van der Waals surface area contributed by atoms with Gasteiger partial charge < -0.3 is 41.1 Å². The van der Waals surface area contributed by atoms with Gasteiger partial charge in [-0.25, -0.2) is 5.84 Å². The molecule has 0 radical (unpaired) electrons. The summed E-state index contributed by atoms with van der Waals surface area (Å²) in [5.41, 5.74) is 7.24. The van der Waals surface area contributed by atoms with Crippen LogP contribution in [0.5, 0.6) is 0 Å². The third-order valence-corrected chi connectivity index (χ3v) is 9.23. The average Bonchev–Trinajstić information content (AvgIpc) is 3.16. The number of rotatable bonds is 19. The number of carbonyl (C=O) groups is 4. The summed E-state index contributed by atoms with van der Waals surface area (Å²) in [5.74, 6) is 6.07. The number of nitrogens with two attached hydrogens (primary N) is 2. The third kappa shape index (κ3) is 15.8. The smallest absolute Gasteiger partial charge is 0.229 e. The zero-order chi connectivity index (χ0) is 44.4. The van der Waals surface area contributed by atoms with Crippen molar-refractivity contribution in [2.45, 2.75) is 114 Å². The lowest BCUT2D eigenvalue weighted by atomic mass is 9.88. The first-order chi connectivity index (χ1) is 26.6. The van der Waals surface area contributed by atoms with Gasteiger partial charge in [0.25, 0.3) is 0 Å². The molecule has 1 heterocycles. The minimum Gasteiger partial charge on any atom is -0.396 e. The SMILES string of the molecule is C=C/C1=C(C=C)/C(N(N)CC(C)(C)OCC(C)(C)C(=O)NC)=C(/N)c2ccccc2N(C(=O)CCNC(=O)CC(C)(C)OCCC(C)(C)C(=O)NC)C1.CC.CC. The van der Waals surface area contributed by atoms with E-state index in [9.17, 15) is 19.2 Å². The van der Waals surface area contributed by atoms with E-state index in [1.54, 1.807) is 31.1 Å². The van der Waals surface area contributed by atoms with Gasteiger partial charge in [-0.05, 0) is 59.6 Å². The summed E-state index contributed by atoms with van der Waals surface area (Å²) in [6.07, 6.45) is 3.88. The molecule has 0 saturated heterocycles. The largest absolute Gasteiger partial charge is 0.396 e. The van der Waals surface area contributed by atoms with E-state index in [4.69, 9.17) is 21.1 Å². The molecule has 13 nitrogen and oxygen atoms in total. The number of hydrazine groups is 1. The van der Waals surface area contributed by atoms with Crippen molar-refractivity contribution < 1.29 is 28.7 Å². The van der Waals surface area contributed by atoms with Gasteiger partial charge in [-0.1, -0.05) is 85.1 Å². The van der Waals surface area contributed by atoms with Crippen molar-refractivity contribution in [3.05, 3.63) is 72.0 Å². The summed E-state index contributed by atoms with van der Waals surface area (Å²) in [5, 5.41) is 9.70. The van der Waals surface area contributed by atoms with Gasteiger partial charge in [0.05, 0.1) is 59.8 Å². The fourth-order valence-corrected chi connectivity index (χ4v) is 5.93. The summed E-state index contributed by atoms with van der Waals surface area (Å²) < 4.78 is 12.2. The summed E-state index contributed by atoms with van der Waals surface area (Å²) >= 11 is 0. The van der Waals surface area contributed by atoms with Gasteiger partial charge in [0.15, 0.2) is 0 Å². The first-order valence-corrected chi connectivity index (χ1v) is 20.0. The lowest BCUT2D eigenvalue weighted by Gasteiger charge is -2.37. The molecule has 1 aliphatic heterocycles. The Kier molecular flexibility index (Phi) is 21.8. The lowest BCUT2D eigenvalue weighted by Crippen LogP contribution is -2.48. The topological polar surface area (TPSA) is 181 Å². The normalized spacial score (nSPS) is 15.9. The Balaban J connectivity index is 0.00000758. The molecule has 4 amide bonds. The van der Waals surface area contributed by atoms with Gasteiger partial charge >= 0.3 is 0 Å². The molecule has 0 unspecified atom stereocenters. The Morgan fingerprint density at radius 2 is 1.42 bits per heavy atom. The van der Waals surface area contributed by atoms with Crippen molar-refractivity contribution in [2.24, 2.45) is 22.4 Å². The van der Waals surface area contributed by atoms with Gasteiger partial charge in [-0.3, -0.25) is 19.2 Å². The summed E-state index contributed by atoms with van der Waals surface area (Å²) in [4.78, 5) is 52.9. The number of benzene rings is 1. The number of allylic oxidation sites excluding steroid dienone is 1. The predicted molar refractivity (Wildman–Crippen MR) is 234 cm³/mol. The molecule has 0 aromatic heterocycles. The number of ether oxygens (including phenoxy) is 2. The van der Waals surface area contributed by atoms with Crippen LogP contribution in [0.25, 0.3) is 5.70 Å². The van der Waals surface area contributed by atoms with Gasteiger partial charge in [-0.2, -0.15) is 0 Å². The number of hydrogen-bond acceptors (Lipinski definition) is 9. The van der Waals surface area contributed by atoms with Crippen LogP contribution in [-0.2, 0) is 28.7 Å². The first kappa shape index (κ1) is 52.5. The maximum Gasteiger partial charge on any atom is 0.229 e. The highest BCUT2D eigenvalue weighted by atomic mass is 16.5. The van der Waals surface area contributed by atoms with Crippen LogP contribution < -0.4 is 32.4 Å². The van der Waals surface area contributed by atoms with Crippen molar-refractivity contribution in [3.63, 3.8) is 0 Å². The molecule has 2 rings (SSSR count). The minimum absolute atomic E-state index is 0.0208. The highest BCUT2D eigenvalue weighted by Crippen LogP contribution is 2.36. The van der Waals surface area contributed by atoms with Crippen LogP contribution in [0.1, 0.15) is 108 Å². The van der Waals surface area contributed by atoms with E-state index in [-0.39, 0.29) is 62.7 Å². The van der Waals surface area contributed by atoms with Crippen molar-refractivity contribution >= 4 is 35.0 Å². The van der Waals surface area contributed by atoms with Gasteiger partial charge in [0.1, 0.15) is 0 Å². The van der Waals surface area contributed by atoms with Crippen LogP contribution in [-0.4, -0.2) is 86.8 Å². The monoisotopic (exact) mass is 798 g/mol. The van der Waals surface area contributed by atoms with Crippen LogP contribution in [0.2, 0.25) is 0 Å². The molecule has 13 heteroatoms. The molecule has 0 aliphatic carbocycles. The van der Waals surface area contributed by atoms with Crippen LogP contribution in [0, 0.1) is 10.8 Å². The fourth-order valence-electron chi connectivity index (χ4n) is 5.93. The van der Waals surface area contributed by atoms with E-state index in [1.165, 1.54) is 5.01 Å². The van der Waals surface area contributed by atoms with Crippen LogP contribution in [0.4, 0.5) is 5.69 Å². The molecule has 1 aromatic carbocycles. The summed E-state index contributed by atoms with van der Waals surface area (Å²) in [6, 6.07) is 7.30. The molecule has 322 valence electrons. The second-order valence-electron chi connectivity index (χ2n) is 15.8. The summed E-state index contributed by atoms with van der Waals surface area (Å²) in [6.45, 7) is 31.7. The molecule has 7 N–H and O–H groups in total. The number of anilines is 1. The molecule has 0 atom stereocenters. The Morgan fingerprint density at radius 1 is 0.860 bits per heavy atom. The van der Waals surface area contributed by atoms with Crippen molar-refractivity contribution in [3.8, 4) is 0 Å². The maximum absolute atomic E-state index is 13.9. The number of nitrogens with one attached hydrogen (secondary N) is 3. The van der Waals surface area contributed by atoms with Gasteiger partial charge in [0.2, 0.25) is 23.6 Å². The molecule has 0 fully saturated rings. The van der Waals surface area contributed by atoms with Crippen LogP contribution in [0.15, 0.2) is 66.4 Å². The number of nitrogens with zero attached hydrogens (tertiary/aromatic N) is 2. The lowest BCUT2D eigenvalue weighted by molar-refractivity contribution is -0.137. The van der Waals surface area contributed by atoms with Crippen LogP contribution in [0.3, 0.4) is 0 Å². The Labute approximate surface area is 343 Å². The molecule has 1 aliphatic rings. The molecular weight excluding hydrogens is 723 g/mol. The Hall–Kier alpha value is -4.46. The Morgan fingerprint density at radius 3 is 1.96 bits per heavy atom. The number of para-hydroxylation sites is 1. The number of fused-ring (bicyclic) bond motifs is 1. The van der Waals surface area contributed by atoms with Crippen molar-refractivity contribution in [2.75, 3.05) is 51.8 Å². The van der Waals surface area contributed by atoms with Gasteiger partial charge in [0, 0.05) is 50.2 Å². The second kappa shape index (κ2) is 23.7. The maximum atomic E-state index is 13.9. The standard InChI is InChI=1S/C40H63N7O6.2C2H6/c1-13-27-24-46(32(49)19-21-45-31(48)23-39(7,8)52-22-20-37(3,4)35(50)43-11)30-18-16-15-17-29(30)33(41)34(28(27)14-2)47(42)25-40(9,10)53-26-38(5,6)36(51)44-12;2*1-2/h13-18H,1-2,19-26,41-42H2,3-12H3,(H,43,50)(H,44,51)(H,45,48);2*1-2H3/b28-27-,34-33-;;. The molecule has 0 bridgehead atoms. The zero-order valence-electron chi connectivity index (χ0n) is 37.5. The average molecular weight is 798 g/mol. The number of carbonyl (C=O) groups excluding carboxylic acids is 4. The summed E-state index contributed by atoms with van der Waals surface area (Å²) in [7, 11) is 3.19. The van der Waals surface area contributed by atoms with E-state index < -0.39 is 22.0 Å². The quantitative estimate of drug-likeness (QED) is 0.0832. The molecule has 0 spiro atoms. The predicted octanol–water partition coefficient (Wildman–Crippen LogP) is 5.98. The van der Waals surface area contributed by atoms with E-state index in [0.29, 0.717) is 46.8 Å². The van der Waals surface area contributed by atoms with E-state index >= 15 is 0 Å². The second-order valence-corrected chi connectivity index (χ2v) is 15.8. The van der Waals surface area contributed by atoms with Crippen LogP contribution >= 0.6 is 0 Å². The van der Waals surface area contributed by atoms with Crippen molar-refractivity contribution in [1.29, 1.82) is 0 Å². The van der Waals surface area contributed by atoms with E-state index in [2.05, 4.69) is 29.1 Å². The van der Waals surface area contributed by atoms with Crippen molar-refractivity contribution in [1.82, 2.24) is 21.0 Å². The fraction of sp³-hybridized carbons (Fsp3) is 0.591. The molecule has 0 saturated carbocycles. The number of hydrogen-bond donors (Lipinski definition) is 5. The van der Waals surface area contributed by atoms with E-state index in [0.717, 1.165) is 0 Å². The Bertz CT molecular complexity index is 1590. The molecular formula is C44H75N7O6. The minimum atomic E-state index is -0.798. The highest BCUT2D eigenvalue weighted by Gasteiger charge is 2.34. The number of amides is 4. The highest BCUT2D eigenvalue weighted by molar-refractivity contribution is 5.98.